The monoisotopic (exact) mass is 264 g/mol. The lowest BCUT2D eigenvalue weighted by Gasteiger charge is -2.37. The number of hydrogen-bond donors (Lipinski definition) is 1. The number of aryl methyl sites for hydroxylation is 1. The smallest absolute Gasteiger partial charge is 0.223 e. The zero-order valence-corrected chi connectivity index (χ0v) is 11.2. The number of amides is 1. The minimum atomic E-state index is -0.255. The van der Waals surface area contributed by atoms with Gasteiger partial charge in [-0.1, -0.05) is 6.07 Å². The molecule has 0 spiro atoms. The van der Waals surface area contributed by atoms with Gasteiger partial charge in [0.25, 0.3) is 0 Å². The Morgan fingerprint density at radius 2 is 2.42 bits per heavy atom. The molecule has 0 aromatic carbocycles. The Kier molecular flexibility index (Phi) is 4.87. The molecule has 5 nitrogen and oxygen atoms in total. The predicted octanol–water partition coefficient (Wildman–Crippen LogP) is 0.622. The van der Waals surface area contributed by atoms with Gasteiger partial charge in [-0.05, 0) is 25.5 Å². The van der Waals surface area contributed by atoms with Crippen LogP contribution in [0.3, 0.4) is 0 Å². The molecule has 104 valence electrons. The maximum Gasteiger partial charge on any atom is 0.223 e. The summed E-state index contributed by atoms with van der Waals surface area (Å²) in [6.07, 6.45) is 2.57. The van der Waals surface area contributed by atoms with Crippen LogP contribution in [-0.2, 0) is 16.0 Å². The van der Waals surface area contributed by atoms with Gasteiger partial charge in [0.05, 0.1) is 25.4 Å². The van der Waals surface area contributed by atoms with Gasteiger partial charge in [-0.2, -0.15) is 0 Å². The fourth-order valence-electron chi connectivity index (χ4n) is 2.20. The fourth-order valence-corrected chi connectivity index (χ4v) is 2.20. The molecular formula is C14H20N2O3. The summed E-state index contributed by atoms with van der Waals surface area (Å²) in [7, 11) is 0. The van der Waals surface area contributed by atoms with Crippen molar-refractivity contribution in [1.82, 2.24) is 9.88 Å². The van der Waals surface area contributed by atoms with Crippen LogP contribution in [0, 0.1) is 0 Å². The summed E-state index contributed by atoms with van der Waals surface area (Å²) in [4.78, 5) is 18.2. The van der Waals surface area contributed by atoms with E-state index >= 15 is 0 Å². The van der Waals surface area contributed by atoms with Crippen LogP contribution < -0.4 is 0 Å². The Balaban J connectivity index is 1.88. The van der Waals surface area contributed by atoms with Crippen molar-refractivity contribution in [1.29, 1.82) is 0 Å². The van der Waals surface area contributed by atoms with E-state index in [4.69, 9.17) is 9.84 Å². The van der Waals surface area contributed by atoms with Crippen LogP contribution in [-0.4, -0.2) is 52.8 Å². The summed E-state index contributed by atoms with van der Waals surface area (Å²) in [5.74, 6) is 0.0971. The van der Waals surface area contributed by atoms with Crippen LogP contribution >= 0.6 is 0 Å². The Labute approximate surface area is 113 Å². The first-order chi connectivity index (χ1) is 9.20. The number of aliphatic hydroxyl groups is 1. The first-order valence-electron chi connectivity index (χ1n) is 6.62. The molecule has 1 N–H and O–H groups in total. The zero-order valence-electron chi connectivity index (χ0n) is 11.2. The largest absolute Gasteiger partial charge is 0.394 e. The predicted molar refractivity (Wildman–Crippen MR) is 70.6 cm³/mol. The Bertz CT molecular complexity index is 410. The van der Waals surface area contributed by atoms with E-state index in [-0.39, 0.29) is 24.7 Å². The van der Waals surface area contributed by atoms with Crippen LogP contribution in [0.1, 0.15) is 19.0 Å². The van der Waals surface area contributed by atoms with Crippen LogP contribution in [0.2, 0.25) is 0 Å². The van der Waals surface area contributed by atoms with E-state index in [2.05, 4.69) is 4.98 Å². The maximum absolute atomic E-state index is 12.2. The van der Waals surface area contributed by atoms with Gasteiger partial charge < -0.3 is 14.7 Å². The van der Waals surface area contributed by atoms with Crippen molar-refractivity contribution in [2.24, 2.45) is 0 Å². The number of carbonyl (C=O) groups excluding carboxylic acids is 1. The molecule has 1 aromatic heterocycles. The van der Waals surface area contributed by atoms with E-state index in [1.807, 2.05) is 25.1 Å². The van der Waals surface area contributed by atoms with E-state index in [0.29, 0.717) is 26.0 Å². The normalized spacial score (nSPS) is 23.4. The molecule has 1 fully saturated rings. The Morgan fingerprint density at radius 3 is 3.11 bits per heavy atom. The van der Waals surface area contributed by atoms with Crippen LogP contribution in [0.5, 0.6) is 0 Å². The maximum atomic E-state index is 12.2. The van der Waals surface area contributed by atoms with Crippen LogP contribution in [0.15, 0.2) is 24.4 Å². The number of ether oxygens (including phenoxy) is 1. The van der Waals surface area contributed by atoms with Crippen molar-refractivity contribution in [3.8, 4) is 0 Å². The fraction of sp³-hybridized carbons (Fsp3) is 0.571. The van der Waals surface area contributed by atoms with Gasteiger partial charge in [0, 0.05) is 24.9 Å². The molecule has 2 heterocycles. The second-order valence-corrected chi connectivity index (χ2v) is 4.85. The molecule has 1 amide bonds. The van der Waals surface area contributed by atoms with Crippen molar-refractivity contribution in [3.05, 3.63) is 30.1 Å². The number of hydrogen-bond acceptors (Lipinski definition) is 4. The van der Waals surface area contributed by atoms with E-state index < -0.39 is 0 Å². The summed E-state index contributed by atoms with van der Waals surface area (Å²) in [5, 5.41) is 9.11. The molecule has 1 saturated heterocycles. The van der Waals surface area contributed by atoms with E-state index in [9.17, 15) is 4.79 Å². The molecule has 5 heteroatoms. The Morgan fingerprint density at radius 1 is 1.58 bits per heavy atom. The first kappa shape index (κ1) is 14.0. The van der Waals surface area contributed by atoms with Gasteiger partial charge >= 0.3 is 0 Å². The molecular weight excluding hydrogens is 244 g/mol. The lowest BCUT2D eigenvalue weighted by molar-refractivity contribution is -0.146. The minimum absolute atomic E-state index is 0.0449. The van der Waals surface area contributed by atoms with Crippen LogP contribution in [0.25, 0.3) is 0 Å². The highest BCUT2D eigenvalue weighted by molar-refractivity contribution is 5.76. The van der Waals surface area contributed by atoms with Gasteiger partial charge in [0.2, 0.25) is 5.91 Å². The number of nitrogens with zero attached hydrogens (tertiary/aromatic N) is 2. The summed E-state index contributed by atoms with van der Waals surface area (Å²) < 4.78 is 5.43. The molecule has 1 aromatic rings. The van der Waals surface area contributed by atoms with Crippen molar-refractivity contribution in [3.63, 3.8) is 0 Å². The van der Waals surface area contributed by atoms with Crippen molar-refractivity contribution >= 4 is 5.91 Å². The second kappa shape index (κ2) is 6.63. The van der Waals surface area contributed by atoms with Gasteiger partial charge in [0.1, 0.15) is 0 Å². The highest BCUT2D eigenvalue weighted by atomic mass is 16.5. The summed E-state index contributed by atoms with van der Waals surface area (Å²) in [5.41, 5.74) is 0.926. The molecule has 0 saturated carbocycles. The van der Waals surface area contributed by atoms with Gasteiger partial charge in [-0.15, -0.1) is 0 Å². The zero-order chi connectivity index (χ0) is 13.7. The van der Waals surface area contributed by atoms with Gasteiger partial charge in [-0.3, -0.25) is 9.78 Å². The van der Waals surface area contributed by atoms with Crippen molar-refractivity contribution in [2.45, 2.75) is 31.9 Å². The molecule has 2 rings (SSSR count). The van der Waals surface area contributed by atoms with E-state index in [0.717, 1.165) is 5.69 Å². The van der Waals surface area contributed by atoms with E-state index in [1.54, 1.807) is 11.1 Å². The average molecular weight is 264 g/mol. The molecule has 0 aliphatic carbocycles. The number of aliphatic hydroxyl groups excluding tert-OH is 1. The number of morpholine rings is 1. The topological polar surface area (TPSA) is 62.7 Å². The van der Waals surface area contributed by atoms with Gasteiger partial charge in [-0.25, -0.2) is 0 Å². The lowest BCUT2D eigenvalue weighted by Crippen LogP contribution is -2.52. The first-order valence-corrected chi connectivity index (χ1v) is 6.62. The second-order valence-electron chi connectivity index (χ2n) is 4.85. The third-order valence-corrected chi connectivity index (χ3v) is 3.35. The Hall–Kier alpha value is -1.46. The molecule has 2 atom stereocenters. The third-order valence-electron chi connectivity index (χ3n) is 3.35. The number of pyridine rings is 1. The summed E-state index contributed by atoms with van der Waals surface area (Å²) in [6, 6.07) is 5.78. The minimum Gasteiger partial charge on any atom is -0.394 e. The summed E-state index contributed by atoms with van der Waals surface area (Å²) in [6.45, 7) is 2.88. The SMILES string of the molecule is CC1COC(CO)CN1C(=O)CCc1ccccn1. The number of aromatic nitrogens is 1. The van der Waals surface area contributed by atoms with E-state index in [1.165, 1.54) is 0 Å². The molecule has 0 bridgehead atoms. The lowest BCUT2D eigenvalue weighted by atomic mass is 10.1. The standard InChI is InChI=1S/C14H20N2O3/c1-11-10-19-13(9-17)8-16(11)14(18)6-5-12-4-2-3-7-15-12/h2-4,7,11,13,17H,5-6,8-10H2,1H3. The molecule has 0 radical (unpaired) electrons. The molecule has 1 aliphatic heterocycles. The number of rotatable bonds is 4. The molecule has 1 aliphatic rings. The van der Waals surface area contributed by atoms with Crippen LogP contribution in [0.4, 0.5) is 0 Å². The third kappa shape index (κ3) is 3.75. The quantitative estimate of drug-likeness (QED) is 0.866. The van der Waals surface area contributed by atoms with Gasteiger partial charge in [0.15, 0.2) is 0 Å². The number of carbonyl (C=O) groups is 1. The average Bonchev–Trinajstić information content (AvgIpc) is 2.46. The van der Waals surface area contributed by atoms with Crippen molar-refractivity contribution in [2.75, 3.05) is 19.8 Å². The molecule has 2 unspecified atom stereocenters. The molecule has 19 heavy (non-hydrogen) atoms. The summed E-state index contributed by atoms with van der Waals surface area (Å²) >= 11 is 0. The van der Waals surface area contributed by atoms with Crippen molar-refractivity contribution < 1.29 is 14.6 Å². The highest BCUT2D eigenvalue weighted by Gasteiger charge is 2.28. The highest BCUT2D eigenvalue weighted by Crippen LogP contribution is 2.13.